The lowest BCUT2D eigenvalue weighted by Crippen LogP contribution is -2.52. The minimum Gasteiger partial charge on any atom is -0.459 e. The van der Waals surface area contributed by atoms with Gasteiger partial charge in [0, 0.05) is 36.7 Å². The highest BCUT2D eigenvalue weighted by Gasteiger charge is 2.51. The fraction of sp³-hybridized carbons (Fsp3) is 0.412. The minimum absolute atomic E-state index is 0.115. The van der Waals surface area contributed by atoms with E-state index in [1.165, 1.54) is 12.5 Å². The van der Waals surface area contributed by atoms with Crippen LogP contribution in [0.3, 0.4) is 0 Å². The summed E-state index contributed by atoms with van der Waals surface area (Å²) >= 11 is 0. The van der Waals surface area contributed by atoms with Gasteiger partial charge in [0.25, 0.3) is 5.91 Å². The number of hydrogen-bond acceptors (Lipinski definition) is 4. The van der Waals surface area contributed by atoms with Gasteiger partial charge in [-0.05, 0) is 31.0 Å². The van der Waals surface area contributed by atoms with E-state index in [-0.39, 0.29) is 23.6 Å². The zero-order valence-corrected chi connectivity index (χ0v) is 12.5. The molecule has 0 radical (unpaired) electrons. The molecule has 2 aromatic heterocycles. The zero-order chi connectivity index (χ0) is 16.0. The summed E-state index contributed by atoms with van der Waals surface area (Å²) in [6.07, 6.45) is 5.09. The Morgan fingerprint density at radius 3 is 2.65 bits per heavy atom. The molecule has 23 heavy (non-hydrogen) atoms. The highest BCUT2D eigenvalue weighted by Crippen LogP contribution is 2.46. The first kappa shape index (κ1) is 14.4. The number of aliphatic hydroxyl groups is 1. The molecule has 0 spiro atoms. The van der Waals surface area contributed by atoms with Gasteiger partial charge in [0.15, 0.2) is 5.76 Å². The first-order chi connectivity index (χ1) is 11.1. The quantitative estimate of drug-likeness (QED) is 0.864. The van der Waals surface area contributed by atoms with E-state index >= 15 is 0 Å². The van der Waals surface area contributed by atoms with Crippen molar-refractivity contribution in [3.8, 4) is 0 Å². The predicted octanol–water partition coefficient (Wildman–Crippen LogP) is 2.47. The van der Waals surface area contributed by atoms with Crippen LogP contribution in [0.5, 0.6) is 0 Å². The van der Waals surface area contributed by atoms with E-state index in [9.17, 15) is 14.3 Å². The van der Waals surface area contributed by atoms with Crippen LogP contribution in [0.15, 0.2) is 41.1 Å². The summed E-state index contributed by atoms with van der Waals surface area (Å²) in [6.45, 7) is 0. The van der Waals surface area contributed by atoms with Crippen LogP contribution in [-0.4, -0.2) is 33.0 Å². The predicted molar refractivity (Wildman–Crippen MR) is 79.0 cm³/mol. The van der Waals surface area contributed by atoms with Gasteiger partial charge in [-0.25, -0.2) is 4.98 Å². The van der Waals surface area contributed by atoms with E-state index in [0.717, 1.165) is 12.8 Å². The number of carbonyl (C=O) groups is 1. The van der Waals surface area contributed by atoms with E-state index < -0.39 is 11.5 Å². The summed E-state index contributed by atoms with van der Waals surface area (Å²) in [5.74, 6) is -0.490. The maximum atomic E-state index is 14.0. The number of pyridine rings is 1. The summed E-state index contributed by atoms with van der Waals surface area (Å²) in [5, 5.41) is 11.0. The number of furan rings is 1. The van der Waals surface area contributed by atoms with Gasteiger partial charge in [0.1, 0.15) is 0 Å². The second kappa shape index (κ2) is 5.16. The van der Waals surface area contributed by atoms with Crippen molar-refractivity contribution < 1.29 is 18.7 Å². The molecule has 0 unspecified atom stereocenters. The fourth-order valence-electron chi connectivity index (χ4n) is 4.04. The van der Waals surface area contributed by atoms with Crippen LogP contribution in [0.2, 0.25) is 0 Å². The highest BCUT2D eigenvalue weighted by atomic mass is 19.1. The molecule has 1 amide bonds. The molecule has 0 aromatic carbocycles. The van der Waals surface area contributed by atoms with Crippen LogP contribution in [-0.2, 0) is 5.60 Å². The SMILES string of the molecule is O=C(c1ccco1)N1[C@H]2CC[C@H]1CC(O)(c1cccnc1F)C2. The number of fused-ring (bicyclic) bond motifs is 2. The Hall–Kier alpha value is -2.21. The monoisotopic (exact) mass is 316 g/mol. The maximum absolute atomic E-state index is 14.0. The Balaban J connectivity index is 1.63. The molecule has 4 rings (SSSR count). The van der Waals surface area contributed by atoms with Gasteiger partial charge in [0.2, 0.25) is 5.95 Å². The Kier molecular flexibility index (Phi) is 3.23. The maximum Gasteiger partial charge on any atom is 0.290 e. The van der Waals surface area contributed by atoms with Crippen molar-refractivity contribution in [2.24, 2.45) is 0 Å². The van der Waals surface area contributed by atoms with Gasteiger partial charge in [0.05, 0.1) is 11.9 Å². The smallest absolute Gasteiger partial charge is 0.290 e. The molecule has 2 atom stereocenters. The summed E-state index contributed by atoms with van der Waals surface area (Å²) in [7, 11) is 0. The van der Waals surface area contributed by atoms with Crippen LogP contribution < -0.4 is 0 Å². The minimum atomic E-state index is -1.27. The highest BCUT2D eigenvalue weighted by molar-refractivity contribution is 5.92. The fourth-order valence-corrected chi connectivity index (χ4v) is 4.04. The first-order valence-corrected chi connectivity index (χ1v) is 7.78. The third-order valence-electron chi connectivity index (χ3n) is 4.99. The van der Waals surface area contributed by atoms with Crippen molar-refractivity contribution in [1.29, 1.82) is 0 Å². The number of halogens is 1. The van der Waals surface area contributed by atoms with Gasteiger partial charge in [-0.15, -0.1) is 0 Å². The molecular weight excluding hydrogens is 299 g/mol. The second-order valence-corrected chi connectivity index (χ2v) is 6.36. The second-order valence-electron chi connectivity index (χ2n) is 6.36. The van der Waals surface area contributed by atoms with E-state index in [1.54, 1.807) is 29.2 Å². The molecule has 0 saturated carbocycles. The summed E-state index contributed by atoms with van der Waals surface area (Å²) in [5.41, 5.74) is -1.05. The molecule has 6 heteroatoms. The van der Waals surface area contributed by atoms with Crippen LogP contribution in [0.25, 0.3) is 0 Å². The molecule has 2 saturated heterocycles. The number of rotatable bonds is 2. The van der Waals surface area contributed by atoms with Crippen molar-refractivity contribution in [2.75, 3.05) is 0 Å². The topological polar surface area (TPSA) is 66.6 Å². The molecular formula is C17H17FN2O3. The molecule has 2 aliphatic heterocycles. The Morgan fingerprint density at radius 1 is 1.30 bits per heavy atom. The average Bonchev–Trinajstić information content (AvgIpc) is 3.15. The van der Waals surface area contributed by atoms with E-state index in [0.29, 0.717) is 18.6 Å². The van der Waals surface area contributed by atoms with Crippen molar-refractivity contribution in [2.45, 2.75) is 43.4 Å². The normalized spacial score (nSPS) is 29.7. The number of hydrogen-bond donors (Lipinski definition) is 1. The number of carbonyl (C=O) groups excluding carboxylic acids is 1. The van der Waals surface area contributed by atoms with Gasteiger partial charge >= 0.3 is 0 Å². The van der Waals surface area contributed by atoms with Crippen molar-refractivity contribution in [1.82, 2.24) is 9.88 Å². The number of nitrogens with zero attached hydrogens (tertiary/aromatic N) is 2. The molecule has 5 nitrogen and oxygen atoms in total. The van der Waals surface area contributed by atoms with Crippen molar-refractivity contribution >= 4 is 5.91 Å². The van der Waals surface area contributed by atoms with Crippen molar-refractivity contribution in [3.63, 3.8) is 0 Å². The first-order valence-electron chi connectivity index (χ1n) is 7.78. The summed E-state index contributed by atoms with van der Waals surface area (Å²) in [6, 6.07) is 6.29. The third kappa shape index (κ3) is 2.25. The molecule has 2 fully saturated rings. The standard InChI is InChI=1S/C17H17FN2O3/c18-15-13(3-1-7-19-15)17(22)9-11-5-6-12(10-17)20(11)16(21)14-4-2-8-23-14/h1-4,7-8,11-12,22H,5-6,9-10H2/t11-,12-/m0/s1. The van der Waals surface area contributed by atoms with Crippen LogP contribution in [0.1, 0.15) is 41.8 Å². The number of amides is 1. The van der Waals surface area contributed by atoms with E-state index in [1.807, 2.05) is 0 Å². The molecule has 2 bridgehead atoms. The molecule has 4 heterocycles. The van der Waals surface area contributed by atoms with Gasteiger partial charge < -0.3 is 14.4 Å². The Labute approximate surface area is 132 Å². The lowest BCUT2D eigenvalue weighted by atomic mass is 9.81. The van der Waals surface area contributed by atoms with Crippen molar-refractivity contribution in [3.05, 3.63) is 54.0 Å². The number of aromatic nitrogens is 1. The summed E-state index contributed by atoms with van der Waals surface area (Å²) < 4.78 is 19.2. The third-order valence-corrected chi connectivity index (χ3v) is 4.99. The molecule has 1 N–H and O–H groups in total. The van der Waals surface area contributed by atoms with Gasteiger partial charge in [-0.3, -0.25) is 4.79 Å². The lowest BCUT2D eigenvalue weighted by molar-refractivity contribution is -0.0510. The average molecular weight is 316 g/mol. The van der Waals surface area contributed by atoms with Crippen LogP contribution in [0, 0.1) is 5.95 Å². The lowest BCUT2D eigenvalue weighted by Gasteiger charge is -2.43. The number of piperidine rings is 1. The Bertz CT molecular complexity index is 717. The van der Waals surface area contributed by atoms with Gasteiger partial charge in [-0.2, -0.15) is 4.39 Å². The molecule has 2 aliphatic rings. The largest absolute Gasteiger partial charge is 0.459 e. The van der Waals surface area contributed by atoms with Gasteiger partial charge in [-0.1, -0.05) is 6.07 Å². The van der Waals surface area contributed by atoms with Crippen LogP contribution >= 0.6 is 0 Å². The molecule has 0 aliphatic carbocycles. The molecule has 2 aromatic rings. The van der Waals surface area contributed by atoms with E-state index in [4.69, 9.17) is 4.42 Å². The molecule has 120 valence electrons. The summed E-state index contributed by atoms with van der Waals surface area (Å²) in [4.78, 5) is 18.0. The van der Waals surface area contributed by atoms with Crippen LogP contribution in [0.4, 0.5) is 4.39 Å². The Morgan fingerprint density at radius 2 is 2.04 bits per heavy atom. The van der Waals surface area contributed by atoms with E-state index in [2.05, 4.69) is 4.98 Å². The zero-order valence-electron chi connectivity index (χ0n) is 12.5.